The van der Waals surface area contributed by atoms with E-state index < -0.39 is 29.3 Å². The highest BCUT2D eigenvalue weighted by molar-refractivity contribution is 5.45. The van der Waals surface area contributed by atoms with Gasteiger partial charge >= 0.3 is 0 Å². The van der Waals surface area contributed by atoms with Crippen molar-refractivity contribution in [3.8, 4) is 0 Å². The van der Waals surface area contributed by atoms with E-state index in [4.69, 9.17) is 5.73 Å². The molecule has 0 aromatic heterocycles. The summed E-state index contributed by atoms with van der Waals surface area (Å²) >= 11 is 0. The number of benzene rings is 2. The maximum atomic E-state index is 13.2. The van der Waals surface area contributed by atoms with Crippen LogP contribution in [0.25, 0.3) is 0 Å². The minimum atomic E-state index is -1.52. The first-order chi connectivity index (χ1) is 9.51. The fraction of sp³-hybridized carbons (Fsp3) is 0.143. The molecule has 1 unspecified atom stereocenters. The fourth-order valence-corrected chi connectivity index (χ4v) is 1.80. The molecule has 3 N–H and O–H groups in total. The van der Waals surface area contributed by atoms with Crippen LogP contribution >= 0.6 is 0 Å². The Bertz CT molecular complexity index is 576. The first-order valence-corrected chi connectivity index (χ1v) is 5.88. The average molecular weight is 284 g/mol. The van der Waals surface area contributed by atoms with Crippen LogP contribution in [0, 0.1) is 23.3 Å². The Morgan fingerprint density at radius 2 is 1.50 bits per heavy atom. The van der Waals surface area contributed by atoms with Crippen molar-refractivity contribution >= 4 is 5.69 Å². The van der Waals surface area contributed by atoms with E-state index in [1.165, 1.54) is 24.3 Å². The second-order valence-electron chi connectivity index (χ2n) is 4.24. The van der Waals surface area contributed by atoms with E-state index in [9.17, 15) is 17.6 Å². The van der Waals surface area contributed by atoms with E-state index >= 15 is 0 Å². The molecule has 2 aromatic carbocycles. The van der Waals surface area contributed by atoms with Gasteiger partial charge in [0.1, 0.15) is 5.82 Å². The van der Waals surface area contributed by atoms with Gasteiger partial charge < -0.3 is 11.1 Å². The van der Waals surface area contributed by atoms with Gasteiger partial charge in [-0.1, -0.05) is 0 Å². The van der Waals surface area contributed by atoms with Gasteiger partial charge in [-0.05, 0) is 42.0 Å². The molecular weight excluding hydrogens is 272 g/mol. The molecule has 0 fully saturated rings. The third-order valence-electron chi connectivity index (χ3n) is 2.83. The number of nitrogens with two attached hydrogens (primary N) is 1. The summed E-state index contributed by atoms with van der Waals surface area (Å²) in [4.78, 5) is 0. The van der Waals surface area contributed by atoms with Crippen molar-refractivity contribution < 1.29 is 17.6 Å². The molecule has 0 aliphatic heterocycles. The number of hydrogen-bond acceptors (Lipinski definition) is 2. The second kappa shape index (κ2) is 5.92. The van der Waals surface area contributed by atoms with Gasteiger partial charge in [0.25, 0.3) is 0 Å². The predicted molar refractivity (Wildman–Crippen MR) is 68.1 cm³/mol. The van der Waals surface area contributed by atoms with Crippen molar-refractivity contribution in [2.24, 2.45) is 5.73 Å². The highest BCUT2D eigenvalue weighted by Crippen LogP contribution is 2.22. The molecule has 106 valence electrons. The van der Waals surface area contributed by atoms with Gasteiger partial charge in [0.2, 0.25) is 0 Å². The predicted octanol–water partition coefficient (Wildman–Crippen LogP) is 3.35. The molecule has 2 rings (SSSR count). The Morgan fingerprint density at radius 1 is 0.950 bits per heavy atom. The standard InChI is InChI=1S/C14H12F4N2/c15-9-1-3-10(4-2-9)20-13(7-19)8-5-11(16)14(18)12(17)6-8/h1-6,13,20H,7,19H2. The van der Waals surface area contributed by atoms with Crippen molar-refractivity contribution in [1.82, 2.24) is 0 Å². The molecular formula is C14H12F4N2. The quantitative estimate of drug-likeness (QED) is 0.667. The normalized spacial score (nSPS) is 12.2. The van der Waals surface area contributed by atoms with Gasteiger partial charge in [-0.15, -0.1) is 0 Å². The van der Waals surface area contributed by atoms with Crippen molar-refractivity contribution in [2.75, 3.05) is 11.9 Å². The molecule has 0 radical (unpaired) electrons. The lowest BCUT2D eigenvalue weighted by Crippen LogP contribution is -2.21. The molecule has 2 aromatic rings. The third-order valence-corrected chi connectivity index (χ3v) is 2.83. The third kappa shape index (κ3) is 3.08. The number of nitrogens with one attached hydrogen (secondary N) is 1. The average Bonchev–Trinajstić information content (AvgIpc) is 2.43. The molecule has 0 aliphatic rings. The Hall–Kier alpha value is -2.08. The van der Waals surface area contributed by atoms with Crippen LogP contribution in [0.3, 0.4) is 0 Å². The lowest BCUT2D eigenvalue weighted by molar-refractivity contribution is 0.444. The van der Waals surface area contributed by atoms with Gasteiger partial charge in [-0.25, -0.2) is 17.6 Å². The fourth-order valence-electron chi connectivity index (χ4n) is 1.80. The SMILES string of the molecule is NCC(Nc1ccc(F)cc1)c1cc(F)c(F)c(F)c1. The minimum absolute atomic E-state index is 0.0297. The second-order valence-corrected chi connectivity index (χ2v) is 4.24. The molecule has 0 spiro atoms. The van der Waals surface area contributed by atoms with Gasteiger partial charge in [0.05, 0.1) is 6.04 Å². The van der Waals surface area contributed by atoms with Crippen LogP contribution in [0.15, 0.2) is 36.4 Å². The first kappa shape index (κ1) is 14.3. The van der Waals surface area contributed by atoms with Crippen molar-refractivity contribution in [3.05, 3.63) is 65.2 Å². The van der Waals surface area contributed by atoms with E-state index in [0.29, 0.717) is 5.69 Å². The van der Waals surface area contributed by atoms with Crippen LogP contribution in [-0.2, 0) is 0 Å². The smallest absolute Gasteiger partial charge is 0.194 e. The minimum Gasteiger partial charge on any atom is -0.377 e. The lowest BCUT2D eigenvalue weighted by Gasteiger charge is -2.19. The molecule has 0 heterocycles. The molecule has 0 saturated carbocycles. The van der Waals surface area contributed by atoms with Crippen LogP contribution in [0.5, 0.6) is 0 Å². The first-order valence-electron chi connectivity index (χ1n) is 5.88. The molecule has 0 bridgehead atoms. The highest BCUT2D eigenvalue weighted by Gasteiger charge is 2.16. The molecule has 1 atom stereocenters. The summed E-state index contributed by atoms with van der Waals surface area (Å²) < 4.78 is 52.1. The zero-order valence-corrected chi connectivity index (χ0v) is 10.3. The Morgan fingerprint density at radius 3 is 2.00 bits per heavy atom. The maximum absolute atomic E-state index is 13.2. The summed E-state index contributed by atoms with van der Waals surface area (Å²) in [5, 5.41) is 2.90. The summed E-state index contributed by atoms with van der Waals surface area (Å²) in [7, 11) is 0. The van der Waals surface area contributed by atoms with Gasteiger partial charge in [0, 0.05) is 12.2 Å². The van der Waals surface area contributed by atoms with E-state index in [1.54, 1.807) is 0 Å². The summed E-state index contributed by atoms with van der Waals surface area (Å²) in [6, 6.07) is 6.55. The number of rotatable bonds is 4. The lowest BCUT2D eigenvalue weighted by atomic mass is 10.1. The molecule has 6 heteroatoms. The number of hydrogen-bond donors (Lipinski definition) is 2. The van der Waals surface area contributed by atoms with E-state index in [2.05, 4.69) is 5.32 Å². The number of halogens is 4. The summed E-state index contributed by atoms with van der Waals surface area (Å²) in [5.74, 6) is -4.48. The zero-order chi connectivity index (χ0) is 14.7. The summed E-state index contributed by atoms with van der Waals surface area (Å²) in [6.07, 6.45) is 0. The van der Waals surface area contributed by atoms with Gasteiger partial charge in [-0.3, -0.25) is 0 Å². The van der Waals surface area contributed by atoms with Gasteiger partial charge in [-0.2, -0.15) is 0 Å². The summed E-state index contributed by atoms with van der Waals surface area (Å²) in [6.45, 7) is 0.0297. The van der Waals surface area contributed by atoms with Crippen molar-refractivity contribution in [3.63, 3.8) is 0 Å². The Kier molecular flexibility index (Phi) is 4.24. The van der Waals surface area contributed by atoms with Crippen LogP contribution < -0.4 is 11.1 Å². The zero-order valence-electron chi connectivity index (χ0n) is 10.3. The van der Waals surface area contributed by atoms with Crippen LogP contribution in [0.1, 0.15) is 11.6 Å². The highest BCUT2D eigenvalue weighted by atomic mass is 19.2. The molecule has 20 heavy (non-hydrogen) atoms. The maximum Gasteiger partial charge on any atom is 0.194 e. The molecule has 0 amide bonds. The van der Waals surface area contributed by atoms with Crippen LogP contribution in [0.4, 0.5) is 23.2 Å². The molecule has 0 aliphatic carbocycles. The van der Waals surface area contributed by atoms with Crippen molar-refractivity contribution in [1.29, 1.82) is 0 Å². The Balaban J connectivity index is 2.26. The Labute approximate surface area is 113 Å². The number of anilines is 1. The largest absolute Gasteiger partial charge is 0.377 e. The topological polar surface area (TPSA) is 38.0 Å². The van der Waals surface area contributed by atoms with E-state index in [1.807, 2.05) is 0 Å². The van der Waals surface area contributed by atoms with Crippen LogP contribution in [0.2, 0.25) is 0 Å². The monoisotopic (exact) mass is 284 g/mol. The van der Waals surface area contributed by atoms with Crippen LogP contribution in [-0.4, -0.2) is 6.54 Å². The molecule has 2 nitrogen and oxygen atoms in total. The molecule has 0 saturated heterocycles. The van der Waals surface area contributed by atoms with Crippen molar-refractivity contribution in [2.45, 2.75) is 6.04 Å². The van der Waals surface area contributed by atoms with Gasteiger partial charge in [0.15, 0.2) is 17.5 Å². The van der Waals surface area contributed by atoms with E-state index in [0.717, 1.165) is 12.1 Å². The van der Waals surface area contributed by atoms with E-state index in [-0.39, 0.29) is 12.1 Å². The summed E-state index contributed by atoms with van der Waals surface area (Å²) in [5.41, 5.74) is 6.25.